The third kappa shape index (κ3) is 1.65. The molecule has 1 fully saturated rings. The van der Waals surface area contributed by atoms with Gasteiger partial charge in [-0.2, -0.15) is 0 Å². The maximum absolute atomic E-state index is 11.5. The van der Waals surface area contributed by atoms with Gasteiger partial charge in [-0.1, -0.05) is 0 Å². The van der Waals surface area contributed by atoms with E-state index in [2.05, 4.69) is 10.3 Å². The Labute approximate surface area is 85.3 Å². The van der Waals surface area contributed by atoms with Crippen LogP contribution in [0.2, 0.25) is 0 Å². The smallest absolute Gasteiger partial charge is 0.249 e. The van der Waals surface area contributed by atoms with Crippen LogP contribution in [0.25, 0.3) is 0 Å². The van der Waals surface area contributed by atoms with Crippen molar-refractivity contribution in [2.24, 2.45) is 0 Å². The molecule has 1 atom stereocenters. The Hall–Kier alpha value is -1.98. The zero-order valence-electron chi connectivity index (χ0n) is 7.84. The SMILES string of the molecule is O=Cc1cncn1C1CCC(=O)NC1=O. The molecule has 78 valence electrons. The van der Waals surface area contributed by atoms with E-state index in [9.17, 15) is 14.4 Å². The summed E-state index contributed by atoms with van der Waals surface area (Å²) < 4.78 is 1.48. The number of nitrogens with zero attached hydrogens (tertiary/aromatic N) is 2. The van der Waals surface area contributed by atoms with Crippen molar-refractivity contribution >= 4 is 18.1 Å². The van der Waals surface area contributed by atoms with Gasteiger partial charge in [0, 0.05) is 6.42 Å². The molecule has 0 saturated carbocycles. The molecular weight excluding hydrogens is 198 g/mol. The fourth-order valence-corrected chi connectivity index (χ4v) is 1.61. The van der Waals surface area contributed by atoms with Crippen LogP contribution in [0, 0.1) is 0 Å². The van der Waals surface area contributed by atoms with Crippen molar-refractivity contribution in [1.82, 2.24) is 14.9 Å². The number of aldehydes is 1. The Balaban J connectivity index is 2.27. The van der Waals surface area contributed by atoms with Crippen molar-refractivity contribution in [2.75, 3.05) is 0 Å². The van der Waals surface area contributed by atoms with Gasteiger partial charge in [0.1, 0.15) is 11.7 Å². The first-order valence-corrected chi connectivity index (χ1v) is 4.53. The van der Waals surface area contributed by atoms with Crippen molar-refractivity contribution < 1.29 is 14.4 Å². The topological polar surface area (TPSA) is 81.1 Å². The summed E-state index contributed by atoms with van der Waals surface area (Å²) in [5.74, 6) is -0.656. The monoisotopic (exact) mass is 207 g/mol. The molecule has 0 bridgehead atoms. The molecule has 15 heavy (non-hydrogen) atoms. The van der Waals surface area contributed by atoms with Crippen LogP contribution in [0.5, 0.6) is 0 Å². The van der Waals surface area contributed by atoms with E-state index in [4.69, 9.17) is 0 Å². The van der Waals surface area contributed by atoms with E-state index in [1.165, 1.54) is 17.1 Å². The second-order valence-corrected chi connectivity index (χ2v) is 3.31. The van der Waals surface area contributed by atoms with E-state index >= 15 is 0 Å². The lowest BCUT2D eigenvalue weighted by atomic mass is 10.1. The highest BCUT2D eigenvalue weighted by molar-refractivity contribution is 5.99. The summed E-state index contributed by atoms with van der Waals surface area (Å²) in [6.07, 6.45) is 4.13. The lowest BCUT2D eigenvalue weighted by Crippen LogP contribution is -2.41. The lowest BCUT2D eigenvalue weighted by Gasteiger charge is -2.22. The third-order valence-corrected chi connectivity index (χ3v) is 2.36. The quantitative estimate of drug-likeness (QED) is 0.532. The van der Waals surface area contributed by atoms with E-state index in [0.717, 1.165) is 0 Å². The van der Waals surface area contributed by atoms with E-state index in [1.54, 1.807) is 0 Å². The van der Waals surface area contributed by atoms with E-state index in [0.29, 0.717) is 18.4 Å². The Morgan fingerprint density at radius 2 is 2.33 bits per heavy atom. The summed E-state index contributed by atoms with van der Waals surface area (Å²) in [4.78, 5) is 36.8. The summed E-state index contributed by atoms with van der Waals surface area (Å²) >= 11 is 0. The average molecular weight is 207 g/mol. The number of nitrogens with one attached hydrogen (secondary N) is 1. The second-order valence-electron chi connectivity index (χ2n) is 3.31. The highest BCUT2D eigenvalue weighted by Gasteiger charge is 2.28. The number of hydrogen-bond donors (Lipinski definition) is 1. The predicted octanol–water partition coefficient (Wildman–Crippen LogP) is -0.327. The Morgan fingerprint density at radius 3 is 3.00 bits per heavy atom. The molecule has 0 spiro atoms. The number of imide groups is 1. The molecular formula is C9H9N3O3. The van der Waals surface area contributed by atoms with Gasteiger partial charge in [0.25, 0.3) is 0 Å². The molecule has 1 aliphatic heterocycles. The summed E-state index contributed by atoms with van der Waals surface area (Å²) in [6, 6.07) is -0.509. The van der Waals surface area contributed by atoms with Crippen molar-refractivity contribution in [2.45, 2.75) is 18.9 Å². The van der Waals surface area contributed by atoms with Crippen LogP contribution in [0.3, 0.4) is 0 Å². The fraction of sp³-hybridized carbons (Fsp3) is 0.333. The van der Waals surface area contributed by atoms with E-state index in [-0.39, 0.29) is 18.2 Å². The Kier molecular flexibility index (Phi) is 2.32. The Morgan fingerprint density at radius 1 is 1.53 bits per heavy atom. The van der Waals surface area contributed by atoms with Gasteiger partial charge >= 0.3 is 0 Å². The molecule has 6 heteroatoms. The van der Waals surface area contributed by atoms with Crippen LogP contribution in [0.4, 0.5) is 0 Å². The molecule has 0 radical (unpaired) electrons. The van der Waals surface area contributed by atoms with Crippen molar-refractivity contribution in [1.29, 1.82) is 0 Å². The molecule has 1 N–H and O–H groups in total. The second kappa shape index (κ2) is 3.64. The van der Waals surface area contributed by atoms with Gasteiger partial charge in [-0.15, -0.1) is 0 Å². The molecule has 2 heterocycles. The summed E-state index contributed by atoms with van der Waals surface area (Å²) in [7, 11) is 0. The highest BCUT2D eigenvalue weighted by atomic mass is 16.2. The first kappa shape index (κ1) is 9.57. The summed E-state index contributed by atoms with van der Waals surface area (Å²) in [5.41, 5.74) is 0.337. The maximum atomic E-state index is 11.5. The van der Waals surface area contributed by atoms with Gasteiger partial charge in [-0.05, 0) is 6.42 Å². The molecule has 0 aromatic carbocycles. The zero-order chi connectivity index (χ0) is 10.8. The standard InChI is InChI=1S/C9H9N3O3/c13-4-6-3-10-5-12(6)7-1-2-8(14)11-9(7)15/h3-5,7H,1-2H2,(H,11,14,15). The first-order chi connectivity index (χ1) is 7.22. The molecule has 2 rings (SSSR count). The van der Waals surface area contributed by atoms with Crippen LogP contribution in [-0.4, -0.2) is 27.7 Å². The number of rotatable bonds is 2. The maximum Gasteiger partial charge on any atom is 0.249 e. The van der Waals surface area contributed by atoms with Gasteiger partial charge < -0.3 is 4.57 Å². The van der Waals surface area contributed by atoms with Gasteiger partial charge in [-0.25, -0.2) is 4.98 Å². The minimum absolute atomic E-state index is 0.274. The minimum atomic E-state index is -0.509. The molecule has 1 saturated heterocycles. The molecule has 6 nitrogen and oxygen atoms in total. The molecule has 1 aromatic rings. The average Bonchev–Trinajstić information content (AvgIpc) is 2.65. The molecule has 1 aliphatic rings. The van der Waals surface area contributed by atoms with Crippen LogP contribution >= 0.6 is 0 Å². The normalized spacial score (nSPS) is 21.2. The van der Waals surface area contributed by atoms with Gasteiger partial charge in [0.2, 0.25) is 11.8 Å². The minimum Gasteiger partial charge on any atom is -0.316 e. The van der Waals surface area contributed by atoms with Crippen LogP contribution < -0.4 is 5.32 Å². The number of hydrogen-bond acceptors (Lipinski definition) is 4. The number of imidazole rings is 1. The molecule has 2 amide bonds. The number of carbonyl (C=O) groups excluding carboxylic acids is 3. The van der Waals surface area contributed by atoms with Crippen LogP contribution in [0.1, 0.15) is 29.4 Å². The van der Waals surface area contributed by atoms with Crippen LogP contribution in [-0.2, 0) is 9.59 Å². The molecule has 1 unspecified atom stereocenters. The summed E-state index contributed by atoms with van der Waals surface area (Å²) in [6.45, 7) is 0. The van der Waals surface area contributed by atoms with Crippen molar-refractivity contribution in [3.8, 4) is 0 Å². The number of aromatic nitrogens is 2. The lowest BCUT2D eigenvalue weighted by molar-refractivity contribution is -0.135. The zero-order valence-corrected chi connectivity index (χ0v) is 7.84. The van der Waals surface area contributed by atoms with Gasteiger partial charge in [-0.3, -0.25) is 19.7 Å². The summed E-state index contributed by atoms with van der Waals surface area (Å²) in [5, 5.41) is 2.23. The Bertz CT molecular complexity index is 424. The van der Waals surface area contributed by atoms with Crippen molar-refractivity contribution in [3.05, 3.63) is 18.2 Å². The number of piperidine rings is 1. The first-order valence-electron chi connectivity index (χ1n) is 4.53. The van der Waals surface area contributed by atoms with Crippen LogP contribution in [0.15, 0.2) is 12.5 Å². The van der Waals surface area contributed by atoms with Crippen molar-refractivity contribution in [3.63, 3.8) is 0 Å². The predicted molar refractivity (Wildman–Crippen MR) is 49.0 cm³/mol. The number of amides is 2. The molecule has 0 aliphatic carbocycles. The van der Waals surface area contributed by atoms with Gasteiger partial charge in [0.05, 0.1) is 12.5 Å². The van der Waals surface area contributed by atoms with E-state index < -0.39 is 6.04 Å². The third-order valence-electron chi connectivity index (χ3n) is 2.36. The fourth-order valence-electron chi connectivity index (χ4n) is 1.61. The molecule has 1 aromatic heterocycles. The number of carbonyl (C=O) groups is 3. The van der Waals surface area contributed by atoms with Gasteiger partial charge in [0.15, 0.2) is 6.29 Å². The largest absolute Gasteiger partial charge is 0.316 e. The highest BCUT2D eigenvalue weighted by Crippen LogP contribution is 2.19. The van der Waals surface area contributed by atoms with E-state index in [1.807, 2.05) is 0 Å².